The van der Waals surface area contributed by atoms with Gasteiger partial charge in [0.15, 0.2) is 4.32 Å². The van der Waals surface area contributed by atoms with E-state index < -0.39 is 0 Å². The van der Waals surface area contributed by atoms with E-state index >= 15 is 0 Å². The normalized spacial score (nSPS) is 17.1. The lowest BCUT2D eigenvalue weighted by Gasteiger charge is -2.16. The van der Waals surface area contributed by atoms with Crippen molar-refractivity contribution in [1.82, 2.24) is 0 Å². The van der Waals surface area contributed by atoms with E-state index in [9.17, 15) is 4.79 Å². The molecule has 0 atom stereocenters. The number of allylic oxidation sites excluding steroid dienone is 2. The first-order valence-electron chi connectivity index (χ1n) is 6.70. The zero-order valence-corrected chi connectivity index (χ0v) is 13.5. The predicted octanol–water partition coefficient (Wildman–Crippen LogP) is 4.55. The van der Waals surface area contributed by atoms with Gasteiger partial charge in [-0.15, -0.1) is 0 Å². The summed E-state index contributed by atoms with van der Waals surface area (Å²) in [4.78, 5) is 14.7. The van der Waals surface area contributed by atoms with Crippen LogP contribution in [-0.2, 0) is 4.79 Å². The Morgan fingerprint density at radius 2 is 2.05 bits per heavy atom. The topological polar surface area (TPSA) is 33.5 Å². The number of amides is 1. The molecule has 0 spiro atoms. The summed E-state index contributed by atoms with van der Waals surface area (Å²) >= 11 is 6.66. The van der Waals surface area contributed by atoms with Crippen molar-refractivity contribution >= 4 is 46.0 Å². The number of rotatable bonds is 3. The molecule has 1 saturated heterocycles. The minimum atomic E-state index is -0.0894. The molecule has 1 amide bonds. The number of furan rings is 1. The van der Waals surface area contributed by atoms with Crippen LogP contribution in [0.25, 0.3) is 6.08 Å². The van der Waals surface area contributed by atoms with Crippen LogP contribution in [0, 0.1) is 6.92 Å². The SMILES string of the molecule is Cc1ccccc1N1C(=O)C(=CC=Cc2ccco2)SC1=S. The Morgan fingerprint density at radius 3 is 2.77 bits per heavy atom. The summed E-state index contributed by atoms with van der Waals surface area (Å²) < 4.78 is 5.76. The maximum absolute atomic E-state index is 12.6. The van der Waals surface area contributed by atoms with E-state index in [1.165, 1.54) is 11.8 Å². The van der Waals surface area contributed by atoms with Crippen LogP contribution in [0.4, 0.5) is 5.69 Å². The van der Waals surface area contributed by atoms with Gasteiger partial charge in [-0.3, -0.25) is 9.69 Å². The van der Waals surface area contributed by atoms with Crippen molar-refractivity contribution in [1.29, 1.82) is 0 Å². The van der Waals surface area contributed by atoms with Gasteiger partial charge in [-0.2, -0.15) is 0 Å². The minimum absolute atomic E-state index is 0.0894. The monoisotopic (exact) mass is 327 g/mol. The number of benzene rings is 1. The Hall–Kier alpha value is -2.11. The third-order valence-corrected chi connectivity index (χ3v) is 4.52. The van der Waals surface area contributed by atoms with Crippen LogP contribution in [0.3, 0.4) is 0 Å². The van der Waals surface area contributed by atoms with E-state index in [2.05, 4.69) is 0 Å². The van der Waals surface area contributed by atoms with E-state index in [4.69, 9.17) is 16.6 Å². The van der Waals surface area contributed by atoms with E-state index in [0.717, 1.165) is 17.0 Å². The highest BCUT2D eigenvalue weighted by Gasteiger charge is 2.33. The first-order valence-corrected chi connectivity index (χ1v) is 7.93. The molecule has 0 radical (unpaired) electrons. The molecule has 110 valence electrons. The standard InChI is InChI=1S/C17H13NO2S2/c1-12-6-2-3-9-14(12)18-16(19)15(22-17(18)21)10-4-7-13-8-5-11-20-13/h2-11H,1H3. The largest absolute Gasteiger partial charge is 0.465 e. The molecular weight excluding hydrogens is 314 g/mol. The molecule has 0 bridgehead atoms. The Balaban J connectivity index is 1.84. The lowest BCUT2D eigenvalue weighted by Crippen LogP contribution is -2.28. The summed E-state index contributed by atoms with van der Waals surface area (Å²) in [6.45, 7) is 1.97. The average Bonchev–Trinajstić information content (AvgIpc) is 3.10. The molecule has 0 unspecified atom stereocenters. The second-order valence-corrected chi connectivity index (χ2v) is 6.38. The molecule has 0 N–H and O–H groups in total. The van der Waals surface area contributed by atoms with Crippen LogP contribution in [0.5, 0.6) is 0 Å². The molecule has 1 fully saturated rings. The van der Waals surface area contributed by atoms with Crippen LogP contribution in [-0.4, -0.2) is 10.2 Å². The highest BCUT2D eigenvalue weighted by molar-refractivity contribution is 8.27. The number of hydrogen-bond donors (Lipinski definition) is 0. The van der Waals surface area contributed by atoms with Gasteiger partial charge in [0.1, 0.15) is 5.76 Å². The van der Waals surface area contributed by atoms with Gasteiger partial charge in [0, 0.05) is 0 Å². The molecule has 1 aliphatic heterocycles. The maximum Gasteiger partial charge on any atom is 0.270 e. The van der Waals surface area contributed by atoms with Gasteiger partial charge < -0.3 is 4.42 Å². The summed E-state index contributed by atoms with van der Waals surface area (Å²) in [7, 11) is 0. The first kappa shape index (κ1) is 14.8. The van der Waals surface area contributed by atoms with Gasteiger partial charge >= 0.3 is 0 Å². The molecular formula is C17H13NO2S2. The summed E-state index contributed by atoms with van der Waals surface area (Å²) in [6.07, 6.45) is 6.97. The van der Waals surface area contributed by atoms with Crippen molar-refractivity contribution in [2.75, 3.05) is 4.90 Å². The number of anilines is 1. The molecule has 1 aromatic heterocycles. The Morgan fingerprint density at radius 1 is 1.23 bits per heavy atom. The zero-order chi connectivity index (χ0) is 15.5. The van der Waals surface area contributed by atoms with Crippen molar-refractivity contribution in [3.05, 3.63) is 71.0 Å². The molecule has 1 aromatic carbocycles. The number of carbonyl (C=O) groups is 1. The van der Waals surface area contributed by atoms with Crippen LogP contribution >= 0.6 is 24.0 Å². The number of carbonyl (C=O) groups excluding carboxylic acids is 1. The fourth-order valence-electron chi connectivity index (χ4n) is 2.12. The summed E-state index contributed by atoms with van der Waals surface area (Å²) in [5.41, 5.74) is 1.86. The zero-order valence-electron chi connectivity index (χ0n) is 11.9. The number of thiocarbonyl (C=S) groups is 1. The van der Waals surface area contributed by atoms with E-state index in [1.54, 1.807) is 29.4 Å². The lowest BCUT2D eigenvalue weighted by molar-refractivity contribution is -0.113. The molecule has 0 aliphatic carbocycles. The third-order valence-electron chi connectivity index (χ3n) is 3.20. The third kappa shape index (κ3) is 2.91. The van der Waals surface area contributed by atoms with Gasteiger partial charge in [-0.25, -0.2) is 0 Å². The molecule has 3 rings (SSSR count). The summed E-state index contributed by atoms with van der Waals surface area (Å²) in [5.74, 6) is 0.652. The molecule has 22 heavy (non-hydrogen) atoms. The van der Waals surface area contributed by atoms with Crippen LogP contribution < -0.4 is 4.90 Å². The first-order chi connectivity index (χ1) is 10.7. The average molecular weight is 327 g/mol. The molecule has 1 aliphatic rings. The van der Waals surface area contributed by atoms with Crippen molar-refractivity contribution in [2.45, 2.75) is 6.92 Å². The van der Waals surface area contributed by atoms with Gasteiger partial charge in [-0.05, 0) is 42.8 Å². The smallest absolute Gasteiger partial charge is 0.270 e. The van der Waals surface area contributed by atoms with Crippen molar-refractivity contribution in [3.63, 3.8) is 0 Å². The van der Waals surface area contributed by atoms with Gasteiger partial charge in [0.2, 0.25) is 0 Å². The van der Waals surface area contributed by atoms with E-state index in [0.29, 0.717) is 9.23 Å². The quantitative estimate of drug-likeness (QED) is 0.612. The maximum atomic E-state index is 12.6. The fraction of sp³-hybridized carbons (Fsp3) is 0.0588. The number of thioether (sulfide) groups is 1. The lowest BCUT2D eigenvalue weighted by atomic mass is 10.2. The Kier molecular flexibility index (Phi) is 4.27. The highest BCUT2D eigenvalue weighted by atomic mass is 32.2. The Bertz CT molecular complexity index is 776. The fourth-order valence-corrected chi connectivity index (χ4v) is 3.36. The number of nitrogens with zero attached hydrogens (tertiary/aromatic N) is 1. The van der Waals surface area contributed by atoms with Crippen LogP contribution in [0.2, 0.25) is 0 Å². The second kappa shape index (κ2) is 6.34. The van der Waals surface area contributed by atoms with Gasteiger partial charge in [0.25, 0.3) is 5.91 Å². The van der Waals surface area contributed by atoms with Crippen molar-refractivity contribution in [2.24, 2.45) is 0 Å². The number of aryl methyl sites for hydroxylation is 1. The van der Waals surface area contributed by atoms with E-state index in [-0.39, 0.29) is 5.91 Å². The highest BCUT2D eigenvalue weighted by Crippen LogP contribution is 2.36. The summed E-state index contributed by atoms with van der Waals surface area (Å²) in [6, 6.07) is 11.4. The minimum Gasteiger partial charge on any atom is -0.465 e. The number of para-hydroxylation sites is 1. The molecule has 3 nitrogen and oxygen atoms in total. The molecule has 2 aromatic rings. The Labute approximate surface area is 138 Å². The van der Waals surface area contributed by atoms with Gasteiger partial charge in [-0.1, -0.05) is 48.3 Å². The van der Waals surface area contributed by atoms with Crippen molar-refractivity contribution in [3.8, 4) is 0 Å². The van der Waals surface area contributed by atoms with E-state index in [1.807, 2.05) is 43.3 Å². The second-order valence-electron chi connectivity index (χ2n) is 4.70. The van der Waals surface area contributed by atoms with Crippen molar-refractivity contribution < 1.29 is 9.21 Å². The molecule has 0 saturated carbocycles. The summed E-state index contributed by atoms with van der Waals surface area (Å²) in [5, 5.41) is 0. The van der Waals surface area contributed by atoms with Crippen LogP contribution in [0.1, 0.15) is 11.3 Å². The van der Waals surface area contributed by atoms with Crippen LogP contribution in [0.15, 0.2) is 64.1 Å². The number of hydrogen-bond acceptors (Lipinski definition) is 4. The molecule has 2 heterocycles. The molecule has 5 heteroatoms. The predicted molar refractivity (Wildman–Crippen MR) is 94.7 cm³/mol. The van der Waals surface area contributed by atoms with Gasteiger partial charge in [0.05, 0.1) is 16.9 Å².